The molecule has 0 aromatic carbocycles. The number of carbonyl (C=O) groups is 1. The van der Waals surface area contributed by atoms with Crippen molar-refractivity contribution in [2.75, 3.05) is 13.1 Å². The second-order valence-corrected chi connectivity index (χ2v) is 3.85. The molecule has 1 saturated carbocycles. The average Bonchev–Trinajstić information content (AvgIpc) is 2.86. The predicted octanol–water partition coefficient (Wildman–Crippen LogP) is 1.63. The van der Waals surface area contributed by atoms with E-state index in [0.29, 0.717) is 6.42 Å². The molecule has 1 rings (SSSR count). The minimum Gasteiger partial charge on any atom is -0.481 e. The van der Waals surface area contributed by atoms with Crippen molar-refractivity contribution >= 4 is 5.97 Å². The van der Waals surface area contributed by atoms with Crippen LogP contribution in [-0.2, 0) is 4.79 Å². The van der Waals surface area contributed by atoms with Crippen LogP contribution in [0.4, 0.5) is 0 Å². The lowest BCUT2D eigenvalue weighted by molar-refractivity contribution is -0.137. The van der Waals surface area contributed by atoms with E-state index < -0.39 is 5.97 Å². The Morgan fingerprint density at radius 3 is 2.69 bits per heavy atom. The summed E-state index contributed by atoms with van der Waals surface area (Å²) in [5, 5.41) is 11.8. The first-order chi connectivity index (χ1) is 6.29. The Kier molecular flexibility index (Phi) is 4.83. The lowest BCUT2D eigenvalue weighted by Gasteiger charge is -2.02. The maximum atomic E-state index is 10.2. The predicted molar refractivity (Wildman–Crippen MR) is 51.7 cm³/mol. The van der Waals surface area contributed by atoms with Crippen LogP contribution in [-0.4, -0.2) is 24.2 Å². The third-order valence-corrected chi connectivity index (χ3v) is 2.37. The number of rotatable bonds is 8. The van der Waals surface area contributed by atoms with Crippen molar-refractivity contribution in [3.05, 3.63) is 0 Å². The van der Waals surface area contributed by atoms with Crippen molar-refractivity contribution in [1.29, 1.82) is 0 Å². The molecule has 0 spiro atoms. The Balaban J connectivity index is 1.70. The van der Waals surface area contributed by atoms with E-state index in [1.807, 2.05) is 0 Å². The summed E-state index contributed by atoms with van der Waals surface area (Å²) in [7, 11) is 0. The van der Waals surface area contributed by atoms with E-state index in [0.717, 1.165) is 31.7 Å². The first-order valence-electron chi connectivity index (χ1n) is 5.21. The van der Waals surface area contributed by atoms with Crippen LogP contribution in [0, 0.1) is 5.92 Å². The van der Waals surface area contributed by atoms with Gasteiger partial charge in [0, 0.05) is 6.42 Å². The summed E-state index contributed by atoms with van der Waals surface area (Å²) in [6.07, 6.45) is 6.07. The smallest absolute Gasteiger partial charge is 0.303 e. The summed E-state index contributed by atoms with van der Waals surface area (Å²) in [4.78, 5) is 10.2. The first-order valence-corrected chi connectivity index (χ1v) is 5.21. The average molecular weight is 185 g/mol. The largest absolute Gasteiger partial charge is 0.481 e. The molecule has 1 aliphatic rings. The highest BCUT2D eigenvalue weighted by molar-refractivity contribution is 5.66. The third kappa shape index (κ3) is 6.58. The molecular weight excluding hydrogens is 166 g/mol. The van der Waals surface area contributed by atoms with Crippen LogP contribution in [0.25, 0.3) is 0 Å². The normalized spacial score (nSPS) is 16.0. The van der Waals surface area contributed by atoms with Crippen molar-refractivity contribution in [2.24, 2.45) is 5.92 Å². The minimum absolute atomic E-state index is 0.322. The Morgan fingerprint density at radius 1 is 1.31 bits per heavy atom. The first kappa shape index (κ1) is 10.5. The zero-order chi connectivity index (χ0) is 9.52. The fourth-order valence-corrected chi connectivity index (χ4v) is 1.33. The number of hydrogen-bond donors (Lipinski definition) is 2. The third-order valence-electron chi connectivity index (χ3n) is 2.37. The second kappa shape index (κ2) is 5.97. The van der Waals surface area contributed by atoms with Gasteiger partial charge in [-0.25, -0.2) is 0 Å². The molecule has 0 aromatic rings. The fourth-order valence-electron chi connectivity index (χ4n) is 1.33. The standard InChI is InChI=1S/C10H19NO2/c12-10(13)4-2-1-3-7-11-8-9-5-6-9/h9,11H,1-8H2,(H,12,13). The van der Waals surface area contributed by atoms with Crippen LogP contribution < -0.4 is 5.32 Å². The van der Waals surface area contributed by atoms with Gasteiger partial charge in [0.15, 0.2) is 0 Å². The molecule has 0 unspecified atom stereocenters. The summed E-state index contributed by atoms with van der Waals surface area (Å²) in [6.45, 7) is 2.22. The molecule has 0 radical (unpaired) electrons. The van der Waals surface area contributed by atoms with Gasteiger partial charge in [-0.2, -0.15) is 0 Å². The van der Waals surface area contributed by atoms with E-state index in [4.69, 9.17) is 5.11 Å². The molecule has 0 aliphatic heterocycles. The van der Waals surface area contributed by atoms with Crippen LogP contribution in [0.5, 0.6) is 0 Å². The fraction of sp³-hybridized carbons (Fsp3) is 0.900. The van der Waals surface area contributed by atoms with E-state index in [1.54, 1.807) is 0 Å². The monoisotopic (exact) mass is 185 g/mol. The maximum absolute atomic E-state index is 10.2. The van der Waals surface area contributed by atoms with Crippen molar-refractivity contribution in [3.8, 4) is 0 Å². The summed E-state index contributed by atoms with van der Waals surface area (Å²) < 4.78 is 0. The molecule has 1 aliphatic carbocycles. The summed E-state index contributed by atoms with van der Waals surface area (Å²) in [5.41, 5.74) is 0. The molecule has 13 heavy (non-hydrogen) atoms. The highest BCUT2D eigenvalue weighted by atomic mass is 16.4. The summed E-state index contributed by atoms with van der Waals surface area (Å²) in [5.74, 6) is 0.268. The van der Waals surface area contributed by atoms with Crippen LogP contribution in [0.1, 0.15) is 38.5 Å². The Labute approximate surface area is 79.5 Å². The topological polar surface area (TPSA) is 49.3 Å². The summed E-state index contributed by atoms with van der Waals surface area (Å²) >= 11 is 0. The highest BCUT2D eigenvalue weighted by Gasteiger charge is 2.19. The van der Waals surface area contributed by atoms with Crippen molar-refractivity contribution in [3.63, 3.8) is 0 Å². The number of hydrogen-bond acceptors (Lipinski definition) is 2. The minimum atomic E-state index is -0.675. The van der Waals surface area contributed by atoms with Gasteiger partial charge in [0.1, 0.15) is 0 Å². The SMILES string of the molecule is O=C(O)CCCCCNCC1CC1. The molecule has 2 N–H and O–H groups in total. The van der Waals surface area contributed by atoms with E-state index in [1.165, 1.54) is 19.4 Å². The van der Waals surface area contributed by atoms with Crippen LogP contribution in [0.3, 0.4) is 0 Å². The highest BCUT2D eigenvalue weighted by Crippen LogP contribution is 2.27. The molecule has 3 heteroatoms. The lowest BCUT2D eigenvalue weighted by atomic mass is 10.2. The Morgan fingerprint density at radius 2 is 2.08 bits per heavy atom. The van der Waals surface area contributed by atoms with Gasteiger partial charge in [-0.15, -0.1) is 0 Å². The van der Waals surface area contributed by atoms with Crippen molar-refractivity contribution in [2.45, 2.75) is 38.5 Å². The molecule has 1 fully saturated rings. The zero-order valence-electron chi connectivity index (χ0n) is 8.09. The molecule has 0 bridgehead atoms. The second-order valence-electron chi connectivity index (χ2n) is 3.85. The molecule has 0 saturated heterocycles. The van der Waals surface area contributed by atoms with Gasteiger partial charge in [-0.05, 0) is 44.7 Å². The Bertz CT molecular complexity index is 155. The lowest BCUT2D eigenvalue weighted by Crippen LogP contribution is -2.17. The molecule has 0 atom stereocenters. The van der Waals surface area contributed by atoms with Crippen LogP contribution >= 0.6 is 0 Å². The van der Waals surface area contributed by atoms with E-state index in [-0.39, 0.29) is 0 Å². The van der Waals surface area contributed by atoms with Crippen LogP contribution in [0.2, 0.25) is 0 Å². The van der Waals surface area contributed by atoms with E-state index in [2.05, 4.69) is 5.32 Å². The van der Waals surface area contributed by atoms with Gasteiger partial charge in [0.2, 0.25) is 0 Å². The van der Waals surface area contributed by atoms with Gasteiger partial charge in [0.25, 0.3) is 0 Å². The van der Waals surface area contributed by atoms with E-state index in [9.17, 15) is 4.79 Å². The quantitative estimate of drug-likeness (QED) is 0.565. The zero-order valence-corrected chi connectivity index (χ0v) is 8.09. The summed E-state index contributed by atoms with van der Waals surface area (Å²) in [6, 6.07) is 0. The molecule has 0 amide bonds. The number of carboxylic acid groups (broad SMARTS) is 1. The molecule has 3 nitrogen and oxygen atoms in total. The molecular formula is C10H19NO2. The Hall–Kier alpha value is -0.570. The molecule has 0 aromatic heterocycles. The van der Waals surface area contributed by atoms with Gasteiger partial charge >= 0.3 is 5.97 Å². The number of unbranched alkanes of at least 4 members (excludes halogenated alkanes) is 2. The van der Waals surface area contributed by atoms with Gasteiger partial charge in [0.05, 0.1) is 0 Å². The number of nitrogens with one attached hydrogen (secondary N) is 1. The van der Waals surface area contributed by atoms with Gasteiger partial charge in [-0.3, -0.25) is 4.79 Å². The van der Waals surface area contributed by atoms with Crippen molar-refractivity contribution < 1.29 is 9.90 Å². The molecule has 76 valence electrons. The number of aliphatic carboxylic acids is 1. The maximum Gasteiger partial charge on any atom is 0.303 e. The molecule has 0 heterocycles. The van der Waals surface area contributed by atoms with Gasteiger partial charge < -0.3 is 10.4 Å². The van der Waals surface area contributed by atoms with Crippen molar-refractivity contribution in [1.82, 2.24) is 5.32 Å². The van der Waals surface area contributed by atoms with Crippen LogP contribution in [0.15, 0.2) is 0 Å². The van der Waals surface area contributed by atoms with Gasteiger partial charge in [-0.1, -0.05) is 6.42 Å². The number of carboxylic acids is 1. The van der Waals surface area contributed by atoms with E-state index >= 15 is 0 Å².